The van der Waals surface area contributed by atoms with E-state index in [1.807, 2.05) is 16.8 Å². The Morgan fingerprint density at radius 1 is 1.08 bits per heavy atom. The van der Waals surface area contributed by atoms with Crippen LogP contribution in [0.4, 0.5) is 5.82 Å². The highest BCUT2D eigenvalue weighted by Crippen LogP contribution is 2.35. The fourth-order valence-electron chi connectivity index (χ4n) is 3.51. The van der Waals surface area contributed by atoms with E-state index in [2.05, 4.69) is 49.5 Å². The van der Waals surface area contributed by atoms with Gasteiger partial charge in [0.15, 0.2) is 0 Å². The van der Waals surface area contributed by atoms with E-state index in [9.17, 15) is 0 Å². The number of hydrogen-bond acceptors (Lipinski definition) is 2. The molecular weight excluding hydrogens is 330 g/mol. The van der Waals surface area contributed by atoms with Gasteiger partial charge in [0.1, 0.15) is 5.82 Å². The Morgan fingerprint density at radius 2 is 1.96 bits per heavy atom. The van der Waals surface area contributed by atoms with E-state index in [1.54, 1.807) is 0 Å². The fraction of sp³-hybridized carbons (Fsp3) is 0.286. The lowest BCUT2D eigenvalue weighted by molar-refractivity contribution is 0.779. The van der Waals surface area contributed by atoms with Crippen molar-refractivity contribution < 1.29 is 0 Å². The average Bonchev–Trinajstić information content (AvgIpc) is 2.78. The number of nitrogens with one attached hydrogen (secondary N) is 1. The highest BCUT2D eigenvalue weighted by atomic mass is 35.5. The van der Waals surface area contributed by atoms with Crippen LogP contribution in [0.15, 0.2) is 42.5 Å². The molecule has 4 rings (SSSR count). The summed E-state index contributed by atoms with van der Waals surface area (Å²) in [5.74, 6) is 1.11. The van der Waals surface area contributed by atoms with Crippen molar-refractivity contribution >= 4 is 17.4 Å². The molecule has 128 valence electrons. The van der Waals surface area contributed by atoms with Crippen molar-refractivity contribution in [1.29, 1.82) is 0 Å². The molecule has 25 heavy (non-hydrogen) atoms. The van der Waals surface area contributed by atoms with Crippen LogP contribution in [-0.2, 0) is 6.42 Å². The summed E-state index contributed by atoms with van der Waals surface area (Å²) in [6, 6.07) is 14.6. The van der Waals surface area contributed by atoms with E-state index in [4.69, 9.17) is 16.7 Å². The summed E-state index contributed by atoms with van der Waals surface area (Å²) in [4.78, 5) is 0. The molecule has 1 aliphatic heterocycles. The smallest absolute Gasteiger partial charge is 0.133 e. The Kier molecular flexibility index (Phi) is 4.26. The van der Waals surface area contributed by atoms with Crippen LogP contribution in [0, 0.1) is 13.8 Å². The van der Waals surface area contributed by atoms with Gasteiger partial charge in [0.05, 0.1) is 11.4 Å². The average molecular weight is 352 g/mol. The van der Waals surface area contributed by atoms with E-state index < -0.39 is 0 Å². The van der Waals surface area contributed by atoms with Crippen molar-refractivity contribution in [2.45, 2.75) is 33.1 Å². The molecule has 2 heterocycles. The molecule has 0 saturated heterocycles. The summed E-state index contributed by atoms with van der Waals surface area (Å²) in [6.07, 6.45) is 3.40. The van der Waals surface area contributed by atoms with Gasteiger partial charge in [-0.05, 0) is 56.9 Å². The van der Waals surface area contributed by atoms with E-state index in [-0.39, 0.29) is 0 Å². The first-order valence-electron chi connectivity index (χ1n) is 8.83. The number of rotatable bonds is 2. The number of aryl methyl sites for hydroxylation is 2. The molecule has 4 heteroatoms. The minimum absolute atomic E-state index is 0.732. The quantitative estimate of drug-likeness (QED) is 0.655. The van der Waals surface area contributed by atoms with E-state index in [1.165, 1.54) is 29.5 Å². The molecule has 0 unspecified atom stereocenters. The van der Waals surface area contributed by atoms with Gasteiger partial charge in [0.2, 0.25) is 0 Å². The molecule has 0 spiro atoms. The van der Waals surface area contributed by atoms with Gasteiger partial charge in [-0.1, -0.05) is 41.4 Å². The highest BCUT2D eigenvalue weighted by molar-refractivity contribution is 6.30. The Balaban J connectivity index is 1.95. The minimum atomic E-state index is 0.732. The number of hydrogen-bond donors (Lipinski definition) is 1. The maximum absolute atomic E-state index is 6.27. The molecule has 0 amide bonds. The second-order valence-electron chi connectivity index (χ2n) is 6.77. The number of halogens is 1. The summed E-state index contributed by atoms with van der Waals surface area (Å²) in [5, 5.41) is 9.35. The second kappa shape index (κ2) is 6.57. The molecule has 0 saturated carbocycles. The van der Waals surface area contributed by atoms with Crippen LogP contribution in [0.1, 0.15) is 29.5 Å². The van der Waals surface area contributed by atoms with Crippen LogP contribution in [0.25, 0.3) is 16.9 Å². The molecule has 1 N–H and O–H groups in total. The van der Waals surface area contributed by atoms with Crippen molar-refractivity contribution in [1.82, 2.24) is 9.78 Å². The number of fused-ring (bicyclic) bond motifs is 1. The largest absolute Gasteiger partial charge is 0.370 e. The molecule has 3 aromatic rings. The first kappa shape index (κ1) is 16.2. The SMILES string of the molecule is Cc1cccc(-c2nn(-c3cc(Cl)ccc3C)c3c2CCCCN3)c1. The normalized spacial score (nSPS) is 13.9. The molecule has 3 nitrogen and oxygen atoms in total. The lowest BCUT2D eigenvalue weighted by Gasteiger charge is -2.12. The van der Waals surface area contributed by atoms with Gasteiger partial charge in [-0.15, -0.1) is 0 Å². The first-order valence-corrected chi connectivity index (χ1v) is 9.20. The summed E-state index contributed by atoms with van der Waals surface area (Å²) in [5.41, 5.74) is 7.02. The van der Waals surface area contributed by atoms with Crippen molar-refractivity contribution in [3.63, 3.8) is 0 Å². The third-order valence-corrected chi connectivity index (χ3v) is 5.06. The zero-order chi connectivity index (χ0) is 17.4. The number of benzene rings is 2. The van der Waals surface area contributed by atoms with Crippen molar-refractivity contribution in [2.75, 3.05) is 11.9 Å². The van der Waals surface area contributed by atoms with E-state index in [0.717, 1.165) is 40.8 Å². The van der Waals surface area contributed by atoms with Crippen molar-refractivity contribution in [2.24, 2.45) is 0 Å². The van der Waals surface area contributed by atoms with E-state index >= 15 is 0 Å². The third-order valence-electron chi connectivity index (χ3n) is 4.82. The molecule has 0 fully saturated rings. The Hall–Kier alpha value is -2.26. The molecular formula is C21H22ClN3. The predicted octanol–water partition coefficient (Wildman–Crippen LogP) is 5.56. The molecule has 0 aliphatic carbocycles. The minimum Gasteiger partial charge on any atom is -0.370 e. The standard InChI is InChI=1S/C21H22ClN3/c1-14-6-5-7-16(12-14)20-18-8-3-4-11-23-21(18)25(24-20)19-13-17(22)10-9-15(19)2/h5-7,9-10,12-13,23H,3-4,8,11H2,1-2H3. The Labute approximate surface area is 153 Å². The van der Waals surface area contributed by atoms with Gasteiger partial charge in [0.25, 0.3) is 0 Å². The topological polar surface area (TPSA) is 29.9 Å². The summed E-state index contributed by atoms with van der Waals surface area (Å²) in [7, 11) is 0. The van der Waals surface area contributed by atoms with E-state index in [0.29, 0.717) is 0 Å². The Bertz CT molecular complexity index is 927. The monoisotopic (exact) mass is 351 g/mol. The predicted molar refractivity (Wildman–Crippen MR) is 105 cm³/mol. The third kappa shape index (κ3) is 3.05. The summed E-state index contributed by atoms with van der Waals surface area (Å²) in [6.45, 7) is 5.20. The molecule has 2 aromatic carbocycles. The molecule has 0 radical (unpaired) electrons. The highest BCUT2D eigenvalue weighted by Gasteiger charge is 2.22. The summed E-state index contributed by atoms with van der Waals surface area (Å²) >= 11 is 6.27. The molecule has 0 atom stereocenters. The second-order valence-corrected chi connectivity index (χ2v) is 7.21. The van der Waals surface area contributed by atoms with Gasteiger partial charge in [-0.25, -0.2) is 4.68 Å². The summed E-state index contributed by atoms with van der Waals surface area (Å²) < 4.78 is 2.04. The van der Waals surface area contributed by atoms with Crippen molar-refractivity contribution in [3.8, 4) is 16.9 Å². The van der Waals surface area contributed by atoms with Crippen LogP contribution >= 0.6 is 11.6 Å². The zero-order valence-electron chi connectivity index (χ0n) is 14.6. The molecule has 0 bridgehead atoms. The number of nitrogens with zero attached hydrogens (tertiary/aromatic N) is 2. The number of aromatic nitrogens is 2. The maximum atomic E-state index is 6.27. The van der Waals surface area contributed by atoms with Gasteiger partial charge >= 0.3 is 0 Å². The van der Waals surface area contributed by atoms with Crippen molar-refractivity contribution in [3.05, 3.63) is 64.2 Å². The van der Waals surface area contributed by atoms with Gasteiger partial charge in [0, 0.05) is 22.7 Å². The number of anilines is 1. The van der Waals surface area contributed by atoms with Gasteiger partial charge in [-0.3, -0.25) is 0 Å². The lowest BCUT2D eigenvalue weighted by Crippen LogP contribution is -2.08. The van der Waals surface area contributed by atoms with Crippen LogP contribution < -0.4 is 5.32 Å². The fourth-order valence-corrected chi connectivity index (χ4v) is 3.68. The van der Waals surface area contributed by atoms with Gasteiger partial charge < -0.3 is 5.32 Å². The van der Waals surface area contributed by atoms with Crippen LogP contribution in [0.5, 0.6) is 0 Å². The lowest BCUT2D eigenvalue weighted by atomic mass is 10.0. The van der Waals surface area contributed by atoms with Crippen LogP contribution in [-0.4, -0.2) is 16.3 Å². The van der Waals surface area contributed by atoms with Crippen LogP contribution in [0.3, 0.4) is 0 Å². The Morgan fingerprint density at radius 3 is 2.80 bits per heavy atom. The first-order chi connectivity index (χ1) is 12.1. The van der Waals surface area contributed by atoms with Crippen LogP contribution in [0.2, 0.25) is 5.02 Å². The maximum Gasteiger partial charge on any atom is 0.133 e. The van der Waals surface area contributed by atoms with Gasteiger partial charge in [-0.2, -0.15) is 5.10 Å². The zero-order valence-corrected chi connectivity index (χ0v) is 15.4. The molecule has 1 aromatic heterocycles. The molecule has 1 aliphatic rings.